The van der Waals surface area contributed by atoms with Crippen molar-refractivity contribution in [3.63, 3.8) is 0 Å². The largest absolute Gasteiger partial charge is 0.491 e. The van der Waals surface area contributed by atoms with E-state index in [1.807, 2.05) is 24.3 Å². The molecule has 1 saturated carbocycles. The number of hydrogen-bond donors (Lipinski definition) is 3. The molecule has 4 aliphatic rings. The van der Waals surface area contributed by atoms with Crippen LogP contribution in [-0.2, 0) is 14.2 Å². The van der Waals surface area contributed by atoms with Gasteiger partial charge in [0.1, 0.15) is 17.8 Å². The zero-order valence-corrected chi connectivity index (χ0v) is 25.5. The Bertz CT molecular complexity index is 1690. The number of benzene rings is 2. The van der Waals surface area contributed by atoms with Gasteiger partial charge in [0, 0.05) is 17.3 Å². The van der Waals surface area contributed by atoms with Gasteiger partial charge in [0.05, 0.1) is 17.2 Å². The van der Waals surface area contributed by atoms with Crippen molar-refractivity contribution < 1.29 is 37.9 Å². The summed E-state index contributed by atoms with van der Waals surface area (Å²) >= 11 is 1.16. The Hall–Kier alpha value is -3.31. The summed E-state index contributed by atoms with van der Waals surface area (Å²) in [6.45, 7) is 1.000. The van der Waals surface area contributed by atoms with E-state index in [1.165, 1.54) is 18.2 Å². The van der Waals surface area contributed by atoms with Gasteiger partial charge in [0.25, 0.3) is 5.91 Å². The van der Waals surface area contributed by atoms with Gasteiger partial charge in [-0.25, -0.2) is 4.39 Å². The second kappa shape index (κ2) is 11.2. The van der Waals surface area contributed by atoms with Crippen molar-refractivity contribution in [2.45, 2.75) is 62.6 Å². The predicted octanol–water partition coefficient (Wildman–Crippen LogP) is 4.75. The van der Waals surface area contributed by atoms with Gasteiger partial charge in [-0.2, -0.15) is 0 Å². The molecular formula is C31H33FN3O7PS. The van der Waals surface area contributed by atoms with Gasteiger partial charge >= 0.3 is 7.60 Å². The van der Waals surface area contributed by atoms with E-state index in [1.54, 1.807) is 15.9 Å². The van der Waals surface area contributed by atoms with E-state index in [2.05, 4.69) is 5.32 Å². The van der Waals surface area contributed by atoms with Crippen LogP contribution in [0.1, 0.15) is 59.7 Å². The molecule has 1 aromatic heterocycles. The molecule has 6 atom stereocenters. The molecule has 13 heteroatoms. The molecule has 0 spiro atoms. The van der Waals surface area contributed by atoms with Gasteiger partial charge in [-0.3, -0.25) is 18.9 Å². The van der Waals surface area contributed by atoms with E-state index >= 15 is 0 Å². The maximum atomic E-state index is 14.3. The van der Waals surface area contributed by atoms with Gasteiger partial charge < -0.3 is 29.6 Å². The number of halogens is 1. The number of nitrogens with one attached hydrogen (secondary N) is 1. The van der Waals surface area contributed by atoms with Crippen LogP contribution in [0, 0.1) is 11.8 Å². The smallest absolute Gasteiger partial charge is 0.363 e. The third-order valence-corrected chi connectivity index (χ3v) is 11.4. The molecule has 2 saturated heterocycles. The molecule has 3 aliphatic heterocycles. The number of thiophene rings is 1. The van der Waals surface area contributed by atoms with Gasteiger partial charge in [-0.05, 0) is 91.6 Å². The van der Waals surface area contributed by atoms with E-state index in [4.69, 9.17) is 4.74 Å². The summed E-state index contributed by atoms with van der Waals surface area (Å²) in [5.74, 6) is -1.82. The Morgan fingerprint density at radius 1 is 1.07 bits per heavy atom. The number of alkyl halides is 1. The minimum absolute atomic E-state index is 0.0601. The number of ether oxygens (including phenoxy) is 1. The number of anilines is 1. The second-order valence-electron chi connectivity index (χ2n) is 12.2. The first kappa shape index (κ1) is 29.4. The molecule has 0 radical (unpaired) electrons. The number of fused-ring (bicyclic) bond motifs is 4. The van der Waals surface area contributed by atoms with Crippen molar-refractivity contribution in [3.8, 4) is 5.75 Å². The van der Waals surface area contributed by atoms with Crippen LogP contribution in [0.25, 0.3) is 10.1 Å². The third-order valence-electron chi connectivity index (χ3n) is 9.37. The van der Waals surface area contributed by atoms with Crippen LogP contribution in [0.2, 0.25) is 0 Å². The molecule has 44 heavy (non-hydrogen) atoms. The van der Waals surface area contributed by atoms with E-state index < -0.39 is 31.5 Å². The van der Waals surface area contributed by atoms with E-state index in [9.17, 15) is 33.1 Å². The number of nitrogens with zero attached hydrogens (tertiary/aromatic N) is 2. The lowest BCUT2D eigenvalue weighted by molar-refractivity contribution is -0.142. The fourth-order valence-electron chi connectivity index (χ4n) is 7.11. The fourth-order valence-corrected chi connectivity index (χ4v) is 8.61. The predicted molar refractivity (Wildman–Crippen MR) is 162 cm³/mol. The first-order valence-corrected chi connectivity index (χ1v) is 17.5. The number of amides is 3. The Kier molecular flexibility index (Phi) is 7.51. The lowest BCUT2D eigenvalue weighted by Gasteiger charge is -2.36. The lowest BCUT2D eigenvalue weighted by Crippen LogP contribution is -2.57. The Balaban J connectivity index is 1.13. The SMILES string of the molecule is O=C(N[C@H]1C[C@@H]2C[C@@H]2C[C@H]2CC[C@@H](C(=O)N3CCCOc4ccccc43)N2C1=O)c1cc2cc(C(F)P(=O)(O)O)ccc2s1. The molecule has 0 bridgehead atoms. The van der Waals surface area contributed by atoms with Gasteiger partial charge in [-0.1, -0.05) is 18.2 Å². The van der Waals surface area contributed by atoms with Crippen molar-refractivity contribution >= 4 is 52.4 Å². The Morgan fingerprint density at radius 3 is 2.68 bits per heavy atom. The van der Waals surface area contributed by atoms with Gasteiger partial charge in [-0.15, -0.1) is 11.3 Å². The highest BCUT2D eigenvalue weighted by molar-refractivity contribution is 7.51. The summed E-state index contributed by atoms with van der Waals surface area (Å²) in [6, 6.07) is 11.7. The van der Waals surface area contributed by atoms with Crippen LogP contribution < -0.4 is 15.0 Å². The molecule has 2 aromatic carbocycles. The number of carbonyl (C=O) groups is 3. The highest BCUT2D eigenvalue weighted by Gasteiger charge is 2.52. The first-order valence-electron chi connectivity index (χ1n) is 15.0. The maximum absolute atomic E-state index is 14.3. The summed E-state index contributed by atoms with van der Waals surface area (Å²) in [4.78, 5) is 64.1. The summed E-state index contributed by atoms with van der Waals surface area (Å²) in [5.41, 5.74) is 0.540. The molecule has 3 amide bonds. The molecule has 232 valence electrons. The van der Waals surface area contributed by atoms with Crippen molar-refractivity contribution in [1.29, 1.82) is 0 Å². The highest BCUT2D eigenvalue weighted by atomic mass is 32.1. The zero-order chi connectivity index (χ0) is 30.7. The Morgan fingerprint density at radius 2 is 1.86 bits per heavy atom. The average molecular weight is 642 g/mol. The number of rotatable bonds is 5. The molecule has 3 N–H and O–H groups in total. The molecule has 1 aliphatic carbocycles. The van der Waals surface area contributed by atoms with Crippen LogP contribution in [0.15, 0.2) is 48.5 Å². The van der Waals surface area contributed by atoms with Crippen molar-refractivity contribution in [3.05, 3.63) is 59.0 Å². The summed E-state index contributed by atoms with van der Waals surface area (Å²) in [5, 5.41) is 3.43. The van der Waals surface area contributed by atoms with Gasteiger partial charge in [0.2, 0.25) is 17.7 Å². The van der Waals surface area contributed by atoms with E-state index in [0.29, 0.717) is 70.7 Å². The third kappa shape index (κ3) is 5.42. The molecule has 1 unspecified atom stereocenters. The topological polar surface area (TPSA) is 136 Å². The minimum atomic E-state index is -4.98. The standard InChI is InChI=1S/C31H33FN3O7PS/c32-28(43(39,40)41)17-6-9-26-20(12-17)16-27(44-26)29(36)33-22-15-19-13-18(19)14-21-7-8-24(35(21)30(22)37)31(38)34-10-3-11-42-25-5-2-1-4-23(25)34/h1-2,4-6,9,12,16,18-19,21-22,24,28H,3,7-8,10-11,13-15H2,(H,33,36)(H2,39,40,41)/t18-,19+,21-,22+,24+,28?/m1/s1. The molecule has 3 fully saturated rings. The molecular weight excluding hydrogens is 608 g/mol. The first-order chi connectivity index (χ1) is 21.1. The summed E-state index contributed by atoms with van der Waals surface area (Å²) < 4.78 is 32.2. The van der Waals surface area contributed by atoms with Crippen LogP contribution in [0.5, 0.6) is 5.75 Å². The quantitative estimate of drug-likeness (QED) is 0.342. The second-order valence-corrected chi connectivity index (χ2v) is 15.0. The van der Waals surface area contributed by atoms with E-state index in [-0.39, 0.29) is 23.4 Å². The van der Waals surface area contributed by atoms with Crippen LogP contribution in [0.4, 0.5) is 10.1 Å². The van der Waals surface area contributed by atoms with E-state index in [0.717, 1.165) is 30.6 Å². The minimum Gasteiger partial charge on any atom is -0.491 e. The Labute approximate surface area is 257 Å². The molecule has 7 rings (SSSR count). The summed E-state index contributed by atoms with van der Waals surface area (Å²) in [6.07, 6.45) is 4.34. The zero-order valence-electron chi connectivity index (χ0n) is 23.8. The number of hydrogen-bond acceptors (Lipinski definition) is 6. The van der Waals surface area contributed by atoms with Crippen molar-refractivity contribution in [2.75, 3.05) is 18.1 Å². The number of carbonyl (C=O) groups excluding carboxylic acids is 3. The van der Waals surface area contributed by atoms with Crippen LogP contribution >= 0.6 is 18.9 Å². The van der Waals surface area contributed by atoms with Crippen molar-refractivity contribution in [1.82, 2.24) is 10.2 Å². The average Bonchev–Trinajstić information content (AvgIpc) is 3.43. The molecule has 4 heterocycles. The normalized spacial score (nSPS) is 27.2. The number of para-hydroxylation sites is 2. The monoisotopic (exact) mass is 641 g/mol. The molecule has 10 nitrogen and oxygen atoms in total. The highest BCUT2D eigenvalue weighted by Crippen LogP contribution is 2.53. The van der Waals surface area contributed by atoms with Gasteiger partial charge in [0.15, 0.2) is 0 Å². The maximum Gasteiger partial charge on any atom is 0.363 e. The van der Waals surface area contributed by atoms with Crippen molar-refractivity contribution in [2.24, 2.45) is 11.8 Å². The lowest BCUT2D eigenvalue weighted by atomic mass is 9.99. The summed E-state index contributed by atoms with van der Waals surface area (Å²) in [7, 11) is -4.98. The molecule has 3 aromatic rings. The fraction of sp³-hybridized carbons (Fsp3) is 0.452. The van der Waals surface area contributed by atoms with Crippen LogP contribution in [-0.4, -0.2) is 63.7 Å². The van der Waals surface area contributed by atoms with Crippen LogP contribution in [0.3, 0.4) is 0 Å².